The van der Waals surface area contributed by atoms with Gasteiger partial charge in [-0.05, 0) is 18.4 Å². The molecule has 0 aliphatic rings. The number of aromatic nitrogens is 2. The summed E-state index contributed by atoms with van der Waals surface area (Å²) in [5.74, 6) is -4.50. The number of amides is 3. The van der Waals surface area contributed by atoms with E-state index >= 15 is 0 Å². The molecular weight excluding hydrogens is 432 g/mol. The molecule has 0 saturated carbocycles. The molecule has 1 heterocycles. The normalized spacial score (nSPS) is 13.5. The number of nitrogens with one attached hydrogen (secondary N) is 4. The van der Waals surface area contributed by atoms with Crippen LogP contribution in [0.5, 0.6) is 0 Å². The molecule has 13 nitrogen and oxygen atoms in total. The van der Waals surface area contributed by atoms with Crippen molar-refractivity contribution in [3.8, 4) is 0 Å². The van der Waals surface area contributed by atoms with Crippen LogP contribution in [0.1, 0.15) is 18.5 Å². The molecule has 14 heteroatoms. The number of nitrogens with two attached hydrogens (primary N) is 1. The van der Waals surface area contributed by atoms with Crippen LogP contribution in [0, 0.1) is 0 Å². The number of hydrogen-bond donors (Lipinski definition) is 7. The zero-order valence-corrected chi connectivity index (χ0v) is 17.6. The summed E-state index contributed by atoms with van der Waals surface area (Å²) >= 11 is 1.42. The first kappa shape index (κ1) is 25.9. The summed E-state index contributed by atoms with van der Waals surface area (Å²) < 4.78 is 0. The number of rotatable bonds is 14. The Morgan fingerprint density at radius 3 is 2.42 bits per heavy atom. The third kappa shape index (κ3) is 9.95. The predicted molar refractivity (Wildman–Crippen MR) is 110 cm³/mol. The number of hydrogen-bond acceptors (Lipinski definition) is 8. The molecule has 1 aromatic heterocycles. The minimum absolute atomic E-state index is 0.0856. The van der Waals surface area contributed by atoms with Gasteiger partial charge >= 0.3 is 11.9 Å². The first-order chi connectivity index (χ1) is 14.6. The number of thioether (sulfide) groups is 1. The van der Waals surface area contributed by atoms with Crippen LogP contribution in [0.2, 0.25) is 0 Å². The Balaban J connectivity index is 2.62. The molecule has 0 aromatic carbocycles. The fourth-order valence-corrected chi connectivity index (χ4v) is 2.89. The van der Waals surface area contributed by atoms with Crippen LogP contribution in [-0.2, 0) is 30.4 Å². The van der Waals surface area contributed by atoms with Gasteiger partial charge in [-0.25, -0.2) is 9.78 Å². The Hall–Kier alpha value is -3.13. The Morgan fingerprint density at radius 2 is 1.87 bits per heavy atom. The van der Waals surface area contributed by atoms with Gasteiger partial charge in [-0.15, -0.1) is 0 Å². The molecule has 1 aromatic rings. The molecule has 31 heavy (non-hydrogen) atoms. The number of carboxylic acid groups (broad SMARTS) is 2. The van der Waals surface area contributed by atoms with Crippen molar-refractivity contribution in [3.63, 3.8) is 0 Å². The van der Waals surface area contributed by atoms with Crippen molar-refractivity contribution in [2.45, 2.75) is 37.4 Å². The van der Waals surface area contributed by atoms with Crippen LogP contribution in [0.25, 0.3) is 0 Å². The van der Waals surface area contributed by atoms with Gasteiger partial charge in [0, 0.05) is 18.3 Å². The van der Waals surface area contributed by atoms with Crippen molar-refractivity contribution in [2.24, 2.45) is 5.73 Å². The zero-order valence-electron chi connectivity index (χ0n) is 16.8. The second kappa shape index (κ2) is 13.2. The van der Waals surface area contributed by atoms with Gasteiger partial charge in [0.1, 0.15) is 12.1 Å². The lowest BCUT2D eigenvalue weighted by molar-refractivity contribution is -0.142. The average molecular weight is 458 g/mol. The largest absolute Gasteiger partial charge is 0.481 e. The lowest BCUT2D eigenvalue weighted by Crippen LogP contribution is -2.54. The summed E-state index contributed by atoms with van der Waals surface area (Å²) in [7, 11) is 0. The third-order valence-electron chi connectivity index (χ3n) is 4.01. The molecule has 0 aliphatic heterocycles. The van der Waals surface area contributed by atoms with Crippen LogP contribution >= 0.6 is 11.8 Å². The fourth-order valence-electron chi connectivity index (χ4n) is 2.42. The maximum atomic E-state index is 12.3. The van der Waals surface area contributed by atoms with E-state index in [1.165, 1.54) is 24.3 Å². The fraction of sp³-hybridized carbons (Fsp3) is 0.529. The highest BCUT2D eigenvalue weighted by molar-refractivity contribution is 7.98. The van der Waals surface area contributed by atoms with Gasteiger partial charge in [0.05, 0.1) is 25.3 Å². The Bertz CT molecular complexity index is 773. The van der Waals surface area contributed by atoms with E-state index in [4.69, 9.17) is 15.9 Å². The van der Waals surface area contributed by atoms with Crippen molar-refractivity contribution in [1.82, 2.24) is 25.9 Å². The highest BCUT2D eigenvalue weighted by Crippen LogP contribution is 2.01. The van der Waals surface area contributed by atoms with Crippen LogP contribution in [0.15, 0.2) is 12.5 Å². The van der Waals surface area contributed by atoms with E-state index in [0.717, 1.165) is 0 Å². The van der Waals surface area contributed by atoms with Gasteiger partial charge in [0.15, 0.2) is 0 Å². The molecular formula is C17H26N6O7S. The van der Waals surface area contributed by atoms with Crippen LogP contribution in [-0.4, -0.2) is 86.5 Å². The van der Waals surface area contributed by atoms with E-state index in [2.05, 4.69) is 25.9 Å². The predicted octanol–water partition coefficient (Wildman–Crippen LogP) is -2.32. The van der Waals surface area contributed by atoms with Crippen molar-refractivity contribution in [3.05, 3.63) is 18.2 Å². The van der Waals surface area contributed by atoms with Gasteiger partial charge in [0.2, 0.25) is 17.7 Å². The maximum Gasteiger partial charge on any atom is 0.326 e. The molecule has 0 bridgehead atoms. The number of carboxylic acids is 2. The highest BCUT2D eigenvalue weighted by Gasteiger charge is 2.27. The first-order valence-corrected chi connectivity index (χ1v) is 10.6. The molecule has 0 spiro atoms. The number of H-pyrrole nitrogens is 1. The Morgan fingerprint density at radius 1 is 1.16 bits per heavy atom. The van der Waals surface area contributed by atoms with E-state index in [9.17, 15) is 24.0 Å². The molecule has 3 unspecified atom stereocenters. The molecule has 1 rings (SSSR count). The van der Waals surface area contributed by atoms with E-state index in [1.807, 2.05) is 0 Å². The number of imidazole rings is 1. The first-order valence-electron chi connectivity index (χ1n) is 9.17. The molecule has 0 fully saturated rings. The smallest absolute Gasteiger partial charge is 0.326 e. The number of nitrogens with zero attached hydrogens (tertiary/aromatic N) is 1. The minimum atomic E-state index is -1.47. The summed E-state index contributed by atoms with van der Waals surface area (Å²) in [6, 6.07) is -3.66. The molecule has 3 atom stereocenters. The summed E-state index contributed by atoms with van der Waals surface area (Å²) in [5, 5.41) is 24.8. The van der Waals surface area contributed by atoms with Crippen molar-refractivity contribution in [1.29, 1.82) is 0 Å². The standard InChI is InChI=1S/C17H26N6O7S/c1-31-3-2-11(17(29)30)22-13(24)7-20-16(28)12(5-14(25)26)23-15(27)10(18)4-9-6-19-8-21-9/h6,8,10-12H,2-5,7,18H2,1H3,(H,19,21)(H,20,28)(H,22,24)(H,23,27)(H,25,26)(H,29,30). The third-order valence-corrected chi connectivity index (χ3v) is 4.65. The minimum Gasteiger partial charge on any atom is -0.481 e. The van der Waals surface area contributed by atoms with E-state index in [1.54, 1.807) is 6.26 Å². The van der Waals surface area contributed by atoms with Crippen LogP contribution in [0.4, 0.5) is 0 Å². The van der Waals surface area contributed by atoms with Gasteiger partial charge in [0.25, 0.3) is 0 Å². The molecule has 172 valence electrons. The Kier molecular flexibility index (Phi) is 11.1. The van der Waals surface area contributed by atoms with Gasteiger partial charge < -0.3 is 36.9 Å². The maximum absolute atomic E-state index is 12.3. The van der Waals surface area contributed by atoms with E-state index in [0.29, 0.717) is 11.4 Å². The number of carbonyl (C=O) groups is 5. The molecule has 0 saturated heterocycles. The SMILES string of the molecule is CSCCC(NC(=O)CNC(=O)C(CC(=O)O)NC(=O)C(N)Cc1cnc[nH]1)C(=O)O. The molecule has 0 radical (unpaired) electrons. The highest BCUT2D eigenvalue weighted by atomic mass is 32.2. The van der Waals surface area contributed by atoms with Gasteiger partial charge in [-0.3, -0.25) is 19.2 Å². The zero-order chi connectivity index (χ0) is 23.4. The van der Waals surface area contributed by atoms with Crippen LogP contribution in [0.3, 0.4) is 0 Å². The summed E-state index contributed by atoms with van der Waals surface area (Å²) in [6.07, 6.45) is 4.21. The molecule has 3 amide bonds. The molecule has 8 N–H and O–H groups in total. The number of aromatic amines is 1. The van der Waals surface area contributed by atoms with Gasteiger partial charge in [-0.1, -0.05) is 0 Å². The molecule has 0 aliphatic carbocycles. The summed E-state index contributed by atoms with van der Waals surface area (Å²) in [4.78, 5) is 65.3. The lowest BCUT2D eigenvalue weighted by Gasteiger charge is -2.19. The Labute approximate surface area is 181 Å². The quantitative estimate of drug-likeness (QED) is 0.158. The van der Waals surface area contributed by atoms with E-state index in [-0.39, 0.29) is 12.8 Å². The topological polar surface area (TPSA) is 217 Å². The van der Waals surface area contributed by atoms with Crippen molar-refractivity contribution < 1.29 is 34.2 Å². The second-order valence-electron chi connectivity index (χ2n) is 6.50. The van der Waals surface area contributed by atoms with Crippen LogP contribution < -0.4 is 21.7 Å². The summed E-state index contributed by atoms with van der Waals surface area (Å²) in [6.45, 7) is -0.589. The number of aliphatic carboxylic acids is 2. The van der Waals surface area contributed by atoms with E-state index < -0.39 is 60.8 Å². The van der Waals surface area contributed by atoms with Crippen molar-refractivity contribution >= 4 is 41.4 Å². The monoisotopic (exact) mass is 458 g/mol. The van der Waals surface area contributed by atoms with Crippen molar-refractivity contribution in [2.75, 3.05) is 18.6 Å². The van der Waals surface area contributed by atoms with Gasteiger partial charge in [-0.2, -0.15) is 11.8 Å². The summed E-state index contributed by atoms with van der Waals surface area (Å²) in [5.41, 5.74) is 6.35. The second-order valence-corrected chi connectivity index (χ2v) is 7.49. The average Bonchev–Trinajstić information content (AvgIpc) is 3.21. The number of carbonyl (C=O) groups excluding carboxylic acids is 3. The lowest BCUT2D eigenvalue weighted by atomic mass is 10.1.